The van der Waals surface area contributed by atoms with E-state index in [1.165, 1.54) is 4.90 Å². The van der Waals surface area contributed by atoms with Gasteiger partial charge in [0.1, 0.15) is 6.54 Å². The Morgan fingerprint density at radius 3 is 2.26 bits per heavy atom. The number of nitrogens with zero attached hydrogens (tertiary/aromatic N) is 1. The average Bonchev–Trinajstić information content (AvgIpc) is 3.14. The van der Waals surface area contributed by atoms with Gasteiger partial charge in [-0.15, -0.1) is 0 Å². The number of hydrogen-bond acceptors (Lipinski definition) is 3. The molecular weight excluding hydrogens is 250 g/mol. The number of urea groups is 1. The maximum atomic E-state index is 11.7. The summed E-state index contributed by atoms with van der Waals surface area (Å²) in [4.78, 5) is 34.9. The third-order valence-corrected chi connectivity index (χ3v) is 2.84. The second-order valence-electron chi connectivity index (χ2n) is 4.91. The van der Waals surface area contributed by atoms with Crippen LogP contribution in [0.1, 0.15) is 26.7 Å². The van der Waals surface area contributed by atoms with E-state index in [-0.39, 0.29) is 24.4 Å². The average molecular weight is 271 g/mol. The van der Waals surface area contributed by atoms with Gasteiger partial charge in [0, 0.05) is 25.0 Å². The second-order valence-corrected chi connectivity index (χ2v) is 4.91. The number of carboxylic acid groups (broad SMARTS) is 1. The standard InChI is InChI=1S/C12H21N3O4/c1-8(2)15(7-10(16)17)12(19)14-6-5-13-11(18)9-3-4-9/h8-9H,3-7H2,1-2H3,(H,13,18)(H,14,19)(H,16,17). The van der Waals surface area contributed by atoms with Gasteiger partial charge in [-0.2, -0.15) is 0 Å². The molecule has 0 heterocycles. The number of carbonyl (C=O) groups is 3. The van der Waals surface area contributed by atoms with E-state index in [2.05, 4.69) is 10.6 Å². The molecular formula is C12H21N3O4. The van der Waals surface area contributed by atoms with Gasteiger partial charge in [-0.25, -0.2) is 4.79 Å². The lowest BCUT2D eigenvalue weighted by atomic mass is 10.3. The minimum absolute atomic E-state index is 0.0282. The van der Waals surface area contributed by atoms with Crippen LogP contribution in [0.15, 0.2) is 0 Å². The fraction of sp³-hybridized carbons (Fsp3) is 0.750. The third kappa shape index (κ3) is 5.58. The molecule has 0 unspecified atom stereocenters. The Morgan fingerprint density at radius 1 is 1.21 bits per heavy atom. The van der Waals surface area contributed by atoms with Crippen LogP contribution < -0.4 is 10.6 Å². The largest absolute Gasteiger partial charge is 0.480 e. The first-order valence-corrected chi connectivity index (χ1v) is 6.45. The molecule has 0 aliphatic heterocycles. The van der Waals surface area contributed by atoms with Crippen LogP contribution in [0.25, 0.3) is 0 Å². The number of carboxylic acids is 1. The van der Waals surface area contributed by atoms with E-state index in [1.54, 1.807) is 13.8 Å². The summed E-state index contributed by atoms with van der Waals surface area (Å²) < 4.78 is 0. The van der Waals surface area contributed by atoms with Gasteiger partial charge in [0.15, 0.2) is 0 Å². The number of rotatable bonds is 7. The van der Waals surface area contributed by atoms with Crippen molar-refractivity contribution in [3.63, 3.8) is 0 Å². The molecule has 1 aliphatic carbocycles. The van der Waals surface area contributed by atoms with Crippen molar-refractivity contribution in [2.75, 3.05) is 19.6 Å². The maximum Gasteiger partial charge on any atom is 0.323 e. The summed E-state index contributed by atoms with van der Waals surface area (Å²) in [6, 6.07) is -0.629. The van der Waals surface area contributed by atoms with Crippen LogP contribution in [0.3, 0.4) is 0 Å². The van der Waals surface area contributed by atoms with E-state index in [1.807, 2.05) is 0 Å². The Labute approximate surface area is 112 Å². The lowest BCUT2D eigenvalue weighted by Gasteiger charge is -2.25. The predicted molar refractivity (Wildman–Crippen MR) is 68.6 cm³/mol. The van der Waals surface area contributed by atoms with Crippen molar-refractivity contribution in [3.8, 4) is 0 Å². The van der Waals surface area contributed by atoms with E-state index in [4.69, 9.17) is 5.11 Å². The molecule has 0 saturated heterocycles. The molecule has 3 N–H and O–H groups in total. The van der Waals surface area contributed by atoms with Crippen molar-refractivity contribution < 1.29 is 19.5 Å². The Balaban J connectivity index is 2.23. The highest BCUT2D eigenvalue weighted by atomic mass is 16.4. The number of nitrogens with one attached hydrogen (secondary N) is 2. The second kappa shape index (κ2) is 6.96. The lowest BCUT2D eigenvalue weighted by Crippen LogP contribution is -2.48. The predicted octanol–water partition coefficient (Wildman–Crippen LogP) is 0.0172. The van der Waals surface area contributed by atoms with Crippen molar-refractivity contribution in [1.82, 2.24) is 15.5 Å². The Hall–Kier alpha value is -1.79. The Morgan fingerprint density at radius 2 is 1.79 bits per heavy atom. The zero-order valence-corrected chi connectivity index (χ0v) is 11.3. The minimum Gasteiger partial charge on any atom is -0.480 e. The summed E-state index contributed by atoms with van der Waals surface area (Å²) in [7, 11) is 0. The maximum absolute atomic E-state index is 11.7. The molecule has 7 nitrogen and oxygen atoms in total. The van der Waals surface area contributed by atoms with Crippen molar-refractivity contribution >= 4 is 17.9 Å². The molecule has 0 atom stereocenters. The quantitative estimate of drug-likeness (QED) is 0.568. The highest BCUT2D eigenvalue weighted by Gasteiger charge is 2.29. The van der Waals surface area contributed by atoms with Crippen LogP contribution in [0, 0.1) is 5.92 Å². The highest BCUT2D eigenvalue weighted by molar-refractivity contribution is 5.81. The van der Waals surface area contributed by atoms with Gasteiger partial charge in [0.2, 0.25) is 5.91 Å². The topological polar surface area (TPSA) is 98.7 Å². The van der Waals surface area contributed by atoms with Gasteiger partial charge in [-0.1, -0.05) is 0 Å². The summed E-state index contributed by atoms with van der Waals surface area (Å²) in [5, 5.41) is 14.0. The molecule has 3 amide bonds. The highest BCUT2D eigenvalue weighted by Crippen LogP contribution is 2.28. The summed E-state index contributed by atoms with van der Waals surface area (Å²) >= 11 is 0. The zero-order chi connectivity index (χ0) is 14.4. The Kier molecular flexibility index (Phi) is 5.59. The summed E-state index contributed by atoms with van der Waals surface area (Å²) in [5.41, 5.74) is 0. The zero-order valence-electron chi connectivity index (χ0n) is 11.3. The van der Waals surface area contributed by atoms with Gasteiger partial charge in [-0.05, 0) is 26.7 Å². The van der Waals surface area contributed by atoms with Gasteiger partial charge >= 0.3 is 12.0 Å². The molecule has 0 aromatic heterocycles. The molecule has 108 valence electrons. The van der Waals surface area contributed by atoms with E-state index >= 15 is 0 Å². The SMILES string of the molecule is CC(C)N(CC(=O)O)C(=O)NCCNC(=O)C1CC1. The summed E-state index contributed by atoms with van der Waals surface area (Å²) in [6.07, 6.45) is 1.88. The smallest absolute Gasteiger partial charge is 0.323 e. The van der Waals surface area contributed by atoms with E-state index in [0.717, 1.165) is 12.8 Å². The number of hydrogen-bond donors (Lipinski definition) is 3. The van der Waals surface area contributed by atoms with E-state index in [9.17, 15) is 14.4 Å². The molecule has 0 aromatic rings. The number of carbonyl (C=O) groups excluding carboxylic acids is 2. The van der Waals surface area contributed by atoms with Crippen molar-refractivity contribution in [3.05, 3.63) is 0 Å². The molecule has 1 rings (SSSR count). The van der Waals surface area contributed by atoms with Crippen LogP contribution in [0.5, 0.6) is 0 Å². The lowest BCUT2D eigenvalue weighted by molar-refractivity contribution is -0.138. The van der Waals surface area contributed by atoms with Crippen LogP contribution in [-0.4, -0.2) is 53.6 Å². The molecule has 1 aliphatic rings. The Bertz CT molecular complexity index is 353. The fourth-order valence-corrected chi connectivity index (χ4v) is 1.58. The summed E-state index contributed by atoms with van der Waals surface area (Å²) in [5.74, 6) is -0.874. The molecule has 0 spiro atoms. The van der Waals surface area contributed by atoms with Crippen LogP contribution in [0.4, 0.5) is 4.79 Å². The number of amides is 3. The molecule has 7 heteroatoms. The first kappa shape index (κ1) is 15.3. The first-order chi connectivity index (χ1) is 8.91. The molecule has 1 saturated carbocycles. The molecule has 1 fully saturated rings. The van der Waals surface area contributed by atoms with Gasteiger partial charge in [0.05, 0.1) is 0 Å². The molecule has 0 aromatic carbocycles. The summed E-state index contributed by atoms with van der Waals surface area (Å²) in [6.45, 7) is 3.81. The monoisotopic (exact) mass is 271 g/mol. The fourth-order valence-electron chi connectivity index (χ4n) is 1.58. The molecule has 0 radical (unpaired) electrons. The van der Waals surface area contributed by atoms with Crippen molar-refractivity contribution in [1.29, 1.82) is 0 Å². The van der Waals surface area contributed by atoms with Crippen LogP contribution in [-0.2, 0) is 9.59 Å². The third-order valence-electron chi connectivity index (χ3n) is 2.84. The van der Waals surface area contributed by atoms with E-state index < -0.39 is 12.0 Å². The molecule has 19 heavy (non-hydrogen) atoms. The van der Waals surface area contributed by atoms with Crippen molar-refractivity contribution in [2.24, 2.45) is 5.92 Å². The van der Waals surface area contributed by atoms with Gasteiger partial charge in [-0.3, -0.25) is 9.59 Å². The van der Waals surface area contributed by atoms with Gasteiger partial charge < -0.3 is 20.6 Å². The van der Waals surface area contributed by atoms with E-state index in [0.29, 0.717) is 13.1 Å². The number of aliphatic carboxylic acids is 1. The van der Waals surface area contributed by atoms with Gasteiger partial charge in [0.25, 0.3) is 0 Å². The molecule has 0 bridgehead atoms. The van der Waals surface area contributed by atoms with Crippen LogP contribution in [0.2, 0.25) is 0 Å². The first-order valence-electron chi connectivity index (χ1n) is 6.45. The minimum atomic E-state index is -1.05. The van der Waals surface area contributed by atoms with Crippen molar-refractivity contribution in [2.45, 2.75) is 32.7 Å². The normalized spacial score (nSPS) is 14.1. The van der Waals surface area contributed by atoms with Crippen LogP contribution >= 0.6 is 0 Å².